The highest BCUT2D eigenvalue weighted by molar-refractivity contribution is 6.32. The van der Waals surface area contributed by atoms with Crippen LogP contribution in [-0.2, 0) is 97.2 Å². The molecule has 50 heteroatoms. The Morgan fingerprint density at radius 1 is 0.649 bits per heavy atom. The highest BCUT2D eigenvalue weighted by atomic mass is 35.5. The maximum atomic E-state index is 16.8. The fraction of sp³-hybridized carbons (Fsp3) is 0.439. The first-order valence-corrected chi connectivity index (χ1v) is 47.8. The molecule has 7 aromatic carbocycles. The number of fused-ring (bicyclic) bond motifs is 15. The second-order valence-electron chi connectivity index (χ2n) is 37.5. The molecule has 796 valence electrons. The van der Waals surface area contributed by atoms with Gasteiger partial charge in [0.25, 0.3) is 0 Å². The Kier molecular flexibility index (Phi) is 35.9. The summed E-state index contributed by atoms with van der Waals surface area (Å²) in [7, 11) is 1.05. The molecule has 0 spiro atoms. The van der Waals surface area contributed by atoms with E-state index in [1.807, 2.05) is 41.7 Å². The van der Waals surface area contributed by atoms with Crippen LogP contribution in [0.15, 0.2) is 127 Å². The number of halogens is 3. The zero-order valence-electron chi connectivity index (χ0n) is 80.5. The summed E-state index contributed by atoms with van der Waals surface area (Å²) in [6.45, 7) is 8.40. The maximum Gasteiger partial charge on any atom is 0.413 e. The van der Waals surface area contributed by atoms with Crippen LogP contribution < -0.4 is 79.3 Å². The van der Waals surface area contributed by atoms with E-state index in [9.17, 15) is 89.7 Å². The van der Waals surface area contributed by atoms with Gasteiger partial charge in [0.1, 0.15) is 102 Å². The molecule has 26 N–H and O–H groups in total. The van der Waals surface area contributed by atoms with E-state index in [0.717, 1.165) is 103 Å². The first-order valence-electron chi connectivity index (χ1n) is 46.7. The van der Waals surface area contributed by atoms with Gasteiger partial charge in [-0.15, -0.1) is 0 Å². The van der Waals surface area contributed by atoms with Crippen LogP contribution in [0.4, 0.5) is 4.79 Å². The number of benzene rings is 7. The molecule has 20 unspecified atom stereocenters. The highest BCUT2D eigenvalue weighted by Gasteiger charge is 2.54. The third-order valence-electron chi connectivity index (χ3n) is 25.9. The van der Waals surface area contributed by atoms with Crippen molar-refractivity contribution < 1.29 is 166 Å². The molecule has 25 atom stereocenters. The first kappa shape index (κ1) is 112. The summed E-state index contributed by atoms with van der Waals surface area (Å²) in [5.41, 5.74) is 14.8. The van der Waals surface area contributed by atoms with Crippen molar-refractivity contribution >= 4 is 112 Å². The summed E-state index contributed by atoms with van der Waals surface area (Å²) in [4.78, 5) is 187. The maximum absolute atomic E-state index is 16.8. The summed E-state index contributed by atoms with van der Waals surface area (Å²) in [5.74, 6) is -21.3. The van der Waals surface area contributed by atoms with Crippen molar-refractivity contribution in [1.82, 2.24) is 52.8 Å². The van der Waals surface area contributed by atoms with Gasteiger partial charge in [0, 0.05) is 71.7 Å². The number of amides is 10. The van der Waals surface area contributed by atoms with Crippen molar-refractivity contribution in [2.24, 2.45) is 23.1 Å². The Morgan fingerprint density at radius 2 is 1.25 bits per heavy atom. The van der Waals surface area contributed by atoms with Crippen LogP contribution >= 0.6 is 34.8 Å². The van der Waals surface area contributed by atoms with E-state index in [1.165, 1.54) is 26.8 Å². The number of carboxylic acid groups (broad SMARTS) is 1. The Hall–Kier alpha value is -13.3. The van der Waals surface area contributed by atoms with E-state index in [1.54, 1.807) is 32.9 Å². The number of carboxylic acids is 1. The standard InChI is InChI=1S/C98H114Cl3N13O34/c1-40(2)25-59(114(8)96(138)140-39-139-94(137)41(3)106-86(128)57(102)20-24-68(121)108-69(122)38-116)88(130)112-76-78(123)48-16-22-62(55(100)27-48)143-64-29-50-30-65(82(64)148-95-83(80(125)79(124)66(37-115)145-95)147-71-35-98(7,85(127)43(5)142-71)105-36-44-9-11-45(12-10-44)46-13-18-51(99)19-14-46)144-63-23-17-49(28-56(63)101)81(146-70-34-97(6,104)84(126)42(4)141-70)77-92(134)111-75(93(135)136)54-31-52(117)32-61(119)72(54)53-26-47(15-21-60(53)118)73(89(131)113-77)110-90(132)74(50)109-87(129)58(33-67(103)120)107-91(76)133/h9-19,21-23,26-32,38,40-43,57-59,66,69-71,73-81,83-85,95,105,115,117-119,122-127H,20,24-25,33-37,39,102,104H2,1-8H3,(H2,103,120)(H,106,128)(H,107,133)(H,108,121)(H,109,129)(H,110,132)(H,111,134)(H,112,130)(H,113,131)(H,135,136)/t41?,42?,43?,57?,58?,59?,66?,69?,70?,71?,73?,74?,75-,76?,77?,78+,79?,80?,81-,83?,84?,85?,95?,97+,98-/m1/s1. The van der Waals surface area contributed by atoms with Gasteiger partial charge < -0.3 is 169 Å². The number of phenolic OH excluding ortho intramolecular Hbond substituents is 3. The number of nitrogens with two attached hydrogens (primary N) is 3. The quantitative estimate of drug-likeness (QED) is 0.0181. The van der Waals surface area contributed by atoms with Crippen LogP contribution in [0.2, 0.25) is 15.1 Å². The van der Waals surface area contributed by atoms with Gasteiger partial charge in [0.15, 0.2) is 48.7 Å². The number of phenols is 3. The minimum absolute atomic E-state index is 0.0438. The molecular formula is C98H114Cl3N13O34. The van der Waals surface area contributed by atoms with E-state index in [2.05, 4.69) is 42.5 Å². The summed E-state index contributed by atoms with van der Waals surface area (Å²) in [5, 5.41) is 149. The second-order valence-corrected chi connectivity index (χ2v) is 38.8. The molecule has 11 bridgehead atoms. The lowest BCUT2D eigenvalue weighted by molar-refractivity contribution is -0.334. The minimum atomic E-state index is -2.53. The van der Waals surface area contributed by atoms with Gasteiger partial charge in [-0.25, -0.2) is 14.4 Å². The predicted octanol–water partition coefficient (Wildman–Crippen LogP) is 2.09. The number of carbonyl (C=O) groups excluding carboxylic acids is 12. The average Bonchev–Trinajstić information content (AvgIpc) is 0.750. The fourth-order valence-corrected chi connectivity index (χ4v) is 18.4. The molecule has 15 rings (SSSR count). The Balaban J connectivity index is 0.949. The molecule has 0 radical (unpaired) electrons. The van der Waals surface area contributed by atoms with Crippen molar-refractivity contribution in [3.05, 3.63) is 176 Å². The molecule has 47 nitrogen and oxygen atoms in total. The zero-order valence-corrected chi connectivity index (χ0v) is 82.8. The molecule has 7 aromatic rings. The van der Waals surface area contributed by atoms with Crippen LogP contribution in [0.3, 0.4) is 0 Å². The number of aldehydes is 1. The highest BCUT2D eigenvalue weighted by Crippen LogP contribution is 2.51. The van der Waals surface area contributed by atoms with Crippen LogP contribution in [0, 0.1) is 5.92 Å². The zero-order chi connectivity index (χ0) is 108. The fourth-order valence-electron chi connectivity index (χ4n) is 17.8. The third-order valence-corrected chi connectivity index (χ3v) is 26.7. The number of primary amides is 1. The summed E-state index contributed by atoms with van der Waals surface area (Å²) in [6.07, 6.45) is -28.7. The van der Waals surface area contributed by atoms with Crippen molar-refractivity contribution in [3.63, 3.8) is 0 Å². The molecule has 10 amide bonds. The van der Waals surface area contributed by atoms with Gasteiger partial charge in [-0.3, -0.25) is 52.8 Å². The van der Waals surface area contributed by atoms with E-state index >= 15 is 28.8 Å². The van der Waals surface area contributed by atoms with Gasteiger partial charge in [0.2, 0.25) is 72.0 Å². The number of ether oxygens (including phenoxy) is 10. The SMILES string of the molecule is CC(C)CC(C(=O)NC1C(=O)NC(CC(N)=O)C(=O)NC2C(=O)NC3C(=O)NC(C(=O)N[C@@H](C(=O)O)c4cc(O)cc(O)c4-c4cc3ccc4O)[C@H](OC3C[C@](C)(N)C(O)C(C)O3)c3ccc(c(Cl)c3)Oc3cc2cc(c3OC2OC(CO)C(O)C(O)C2OC2C[C@@](C)(NCc3ccc(-c4ccc(Cl)cc4)cc3)C(O)C(C)O2)Oc2ccc(cc2Cl)[C@@H]1O)N(C)C(=O)OCOC(=O)C(C)NC(=O)C(N)CCC(=O)NC(O)C=O. The van der Waals surface area contributed by atoms with E-state index in [4.69, 9.17) is 99.4 Å². The van der Waals surface area contributed by atoms with Crippen LogP contribution in [-0.4, -0.2) is 280 Å². The number of aromatic hydroxyl groups is 3. The molecule has 3 saturated heterocycles. The number of nitrogens with one attached hydrogen (secondary N) is 9. The van der Waals surface area contributed by atoms with Gasteiger partial charge in [-0.05, 0) is 159 Å². The average molecular weight is 2120 g/mol. The lowest BCUT2D eigenvalue weighted by Crippen LogP contribution is -2.65. The topological polar surface area (TPSA) is 726 Å². The van der Waals surface area contributed by atoms with Crippen molar-refractivity contribution in [1.29, 1.82) is 0 Å². The van der Waals surface area contributed by atoms with E-state index < -0.39 is 345 Å². The van der Waals surface area contributed by atoms with E-state index in [0.29, 0.717) is 9.92 Å². The predicted molar refractivity (Wildman–Crippen MR) is 516 cm³/mol. The first-order chi connectivity index (χ1) is 69.9. The van der Waals surface area contributed by atoms with Crippen molar-refractivity contribution in [2.75, 3.05) is 20.4 Å². The van der Waals surface area contributed by atoms with E-state index in [-0.39, 0.29) is 43.2 Å². The van der Waals surface area contributed by atoms with Crippen LogP contribution in [0.25, 0.3) is 22.3 Å². The number of hydrogen-bond donors (Lipinski definition) is 23. The molecule has 148 heavy (non-hydrogen) atoms. The van der Waals surface area contributed by atoms with Gasteiger partial charge >= 0.3 is 18.0 Å². The minimum Gasteiger partial charge on any atom is -0.508 e. The van der Waals surface area contributed by atoms with Gasteiger partial charge in [-0.1, -0.05) is 103 Å². The molecule has 8 aliphatic heterocycles. The van der Waals surface area contributed by atoms with Crippen molar-refractivity contribution in [3.8, 4) is 68.2 Å². The molecule has 0 aliphatic carbocycles. The smallest absolute Gasteiger partial charge is 0.413 e. The summed E-state index contributed by atoms with van der Waals surface area (Å²) >= 11 is 21.0. The largest absolute Gasteiger partial charge is 0.508 e. The monoisotopic (exact) mass is 2120 g/mol. The third kappa shape index (κ3) is 26.2. The number of aliphatic hydroxyl groups excluding tert-OH is 7. The molecule has 8 heterocycles. The number of aliphatic hydroxyl groups is 7. The number of hydrogen-bond acceptors (Lipinski definition) is 36. The number of rotatable bonds is 29. The second kappa shape index (κ2) is 47.5. The number of esters is 1. The lowest BCUT2D eigenvalue weighted by atomic mass is 9.84. The number of aliphatic carboxylic acids is 1. The Morgan fingerprint density at radius 3 is 1.86 bits per heavy atom. The van der Waals surface area contributed by atoms with Gasteiger partial charge in [0.05, 0.1) is 53.5 Å². The Bertz CT molecular complexity index is 6160. The number of likely N-dealkylation sites (N-methyl/N-ethyl adjacent to an activating group) is 1. The molecule has 0 saturated carbocycles. The summed E-state index contributed by atoms with van der Waals surface area (Å²) in [6, 6.07) is 8.97. The van der Waals surface area contributed by atoms with Crippen LogP contribution in [0.1, 0.15) is 151 Å². The van der Waals surface area contributed by atoms with Gasteiger partial charge in [-0.2, -0.15) is 0 Å². The molecule has 8 aliphatic rings. The number of carbonyl (C=O) groups is 13. The number of nitrogens with zero attached hydrogens (tertiary/aromatic N) is 1. The normalized spacial score (nSPS) is 27.4. The summed E-state index contributed by atoms with van der Waals surface area (Å²) < 4.78 is 63.3. The molecule has 3 fully saturated rings. The molecule has 0 aromatic heterocycles. The van der Waals surface area contributed by atoms with Crippen molar-refractivity contribution in [2.45, 2.75) is 245 Å². The lowest BCUT2D eigenvalue weighted by Gasteiger charge is -2.48. The Labute approximate surface area is 859 Å². The molecular weight excluding hydrogens is 2010 g/mol. The van der Waals surface area contributed by atoms with Crippen LogP contribution in [0.5, 0.6) is 46.0 Å².